The van der Waals surface area contributed by atoms with Crippen LogP contribution in [0.2, 0.25) is 5.02 Å². The summed E-state index contributed by atoms with van der Waals surface area (Å²) in [7, 11) is 0. The first kappa shape index (κ1) is 14.8. The molecule has 0 amide bonds. The van der Waals surface area contributed by atoms with Crippen molar-refractivity contribution in [2.24, 2.45) is 10.9 Å². The van der Waals surface area contributed by atoms with E-state index in [-0.39, 0.29) is 17.5 Å². The number of amidine groups is 1. The number of pyridine rings is 1. The number of hydrogen-bond acceptors (Lipinski definition) is 7. The second kappa shape index (κ2) is 6.32. The standard InChI is InChI=1S/C14H11ClN6O2/c15-9-5-3-8(4-6-9)13-19-14(23-21-13)18-10-2-1-7-17-11(10)12(16)20-22/h1-7,22H,(H2,16,20)(H,18,19,21). The van der Waals surface area contributed by atoms with E-state index in [0.29, 0.717) is 16.5 Å². The van der Waals surface area contributed by atoms with Gasteiger partial charge in [0.2, 0.25) is 5.82 Å². The third-order valence-electron chi connectivity index (χ3n) is 2.93. The third kappa shape index (κ3) is 3.22. The van der Waals surface area contributed by atoms with Crippen LogP contribution in [-0.2, 0) is 0 Å². The molecule has 3 rings (SSSR count). The Kier molecular flexibility index (Phi) is 4.07. The summed E-state index contributed by atoms with van der Waals surface area (Å²) in [6.07, 6.45) is 1.52. The molecule has 0 radical (unpaired) electrons. The van der Waals surface area contributed by atoms with E-state index in [0.717, 1.165) is 5.56 Å². The zero-order valence-corrected chi connectivity index (χ0v) is 12.4. The average Bonchev–Trinajstić information content (AvgIpc) is 3.04. The van der Waals surface area contributed by atoms with E-state index in [2.05, 4.69) is 25.6 Å². The summed E-state index contributed by atoms with van der Waals surface area (Å²) in [6.45, 7) is 0. The fourth-order valence-corrected chi connectivity index (χ4v) is 1.99. The van der Waals surface area contributed by atoms with Crippen molar-refractivity contribution in [3.05, 3.63) is 53.3 Å². The number of nitrogens with one attached hydrogen (secondary N) is 1. The lowest BCUT2D eigenvalue weighted by atomic mass is 10.2. The van der Waals surface area contributed by atoms with Crippen LogP contribution in [0.4, 0.5) is 11.7 Å². The minimum Gasteiger partial charge on any atom is -0.409 e. The predicted octanol–water partition coefficient (Wildman–Crippen LogP) is 2.62. The van der Waals surface area contributed by atoms with Crippen LogP contribution in [0.5, 0.6) is 0 Å². The van der Waals surface area contributed by atoms with Crippen molar-refractivity contribution in [2.45, 2.75) is 0 Å². The summed E-state index contributed by atoms with van der Waals surface area (Å²) in [6, 6.07) is 10.6. The summed E-state index contributed by atoms with van der Waals surface area (Å²) in [5, 5.41) is 19.1. The molecule has 8 nitrogen and oxygen atoms in total. The molecular formula is C14H11ClN6O2. The van der Waals surface area contributed by atoms with Crippen LogP contribution >= 0.6 is 11.6 Å². The van der Waals surface area contributed by atoms with E-state index < -0.39 is 0 Å². The maximum atomic E-state index is 8.79. The SMILES string of the molecule is NC(=NO)c1ncccc1Nc1nc(-c2ccc(Cl)cc2)no1. The first-order valence-electron chi connectivity index (χ1n) is 6.47. The number of nitrogens with zero attached hydrogens (tertiary/aromatic N) is 4. The van der Waals surface area contributed by atoms with Gasteiger partial charge < -0.3 is 20.8 Å². The van der Waals surface area contributed by atoms with E-state index in [1.807, 2.05) is 0 Å². The van der Waals surface area contributed by atoms with Crippen LogP contribution < -0.4 is 11.1 Å². The Labute approximate surface area is 135 Å². The maximum Gasteiger partial charge on any atom is 0.326 e. The van der Waals surface area contributed by atoms with E-state index >= 15 is 0 Å². The minimum absolute atomic E-state index is 0.134. The van der Waals surface area contributed by atoms with Gasteiger partial charge in [-0.2, -0.15) is 4.98 Å². The minimum atomic E-state index is -0.134. The van der Waals surface area contributed by atoms with Gasteiger partial charge in [-0.15, -0.1) is 0 Å². The molecule has 0 bridgehead atoms. The highest BCUT2D eigenvalue weighted by atomic mass is 35.5. The van der Waals surface area contributed by atoms with E-state index in [9.17, 15) is 0 Å². The molecule has 0 spiro atoms. The number of rotatable bonds is 4. The molecule has 0 aliphatic rings. The smallest absolute Gasteiger partial charge is 0.326 e. The lowest BCUT2D eigenvalue weighted by molar-refractivity contribution is 0.318. The van der Waals surface area contributed by atoms with Gasteiger partial charge in [-0.25, -0.2) is 0 Å². The molecule has 1 aromatic carbocycles. The molecule has 116 valence electrons. The van der Waals surface area contributed by atoms with Crippen LogP contribution in [0.1, 0.15) is 5.69 Å². The zero-order valence-electron chi connectivity index (χ0n) is 11.6. The fourth-order valence-electron chi connectivity index (χ4n) is 1.86. The number of halogens is 1. The number of oxime groups is 1. The Morgan fingerprint density at radius 3 is 2.78 bits per heavy atom. The normalized spacial score (nSPS) is 11.4. The Morgan fingerprint density at radius 2 is 2.04 bits per heavy atom. The predicted molar refractivity (Wildman–Crippen MR) is 84.8 cm³/mol. The molecule has 0 aliphatic carbocycles. The summed E-state index contributed by atoms with van der Waals surface area (Å²) in [5.41, 5.74) is 7.07. The maximum absolute atomic E-state index is 8.79. The molecule has 0 atom stereocenters. The number of nitrogens with two attached hydrogens (primary N) is 1. The highest BCUT2D eigenvalue weighted by Crippen LogP contribution is 2.22. The van der Waals surface area contributed by atoms with Crippen molar-refractivity contribution < 1.29 is 9.73 Å². The van der Waals surface area contributed by atoms with Crippen molar-refractivity contribution in [2.75, 3.05) is 5.32 Å². The van der Waals surface area contributed by atoms with Gasteiger partial charge in [0.25, 0.3) is 0 Å². The summed E-state index contributed by atoms with van der Waals surface area (Å²) < 4.78 is 5.15. The largest absolute Gasteiger partial charge is 0.409 e. The summed E-state index contributed by atoms with van der Waals surface area (Å²) >= 11 is 5.85. The van der Waals surface area contributed by atoms with E-state index in [4.69, 9.17) is 27.1 Å². The Morgan fingerprint density at radius 1 is 1.26 bits per heavy atom. The Bertz CT molecular complexity index is 846. The highest BCUT2D eigenvalue weighted by molar-refractivity contribution is 6.30. The monoisotopic (exact) mass is 330 g/mol. The van der Waals surface area contributed by atoms with Gasteiger partial charge in [-0.1, -0.05) is 21.9 Å². The lowest BCUT2D eigenvalue weighted by Gasteiger charge is -2.05. The van der Waals surface area contributed by atoms with Crippen LogP contribution in [-0.4, -0.2) is 26.2 Å². The Hall–Kier alpha value is -3.13. The van der Waals surface area contributed by atoms with Gasteiger partial charge in [0, 0.05) is 16.8 Å². The molecule has 9 heteroatoms. The van der Waals surface area contributed by atoms with E-state index in [1.54, 1.807) is 36.4 Å². The molecule has 0 unspecified atom stereocenters. The number of anilines is 2. The quantitative estimate of drug-likeness (QED) is 0.291. The molecule has 4 N–H and O–H groups in total. The van der Waals surface area contributed by atoms with Crippen molar-refractivity contribution in [1.29, 1.82) is 0 Å². The molecule has 0 aliphatic heterocycles. The molecule has 23 heavy (non-hydrogen) atoms. The van der Waals surface area contributed by atoms with Crippen LogP contribution in [0.25, 0.3) is 11.4 Å². The number of hydrogen-bond donors (Lipinski definition) is 3. The van der Waals surface area contributed by atoms with Crippen molar-refractivity contribution >= 4 is 29.1 Å². The van der Waals surface area contributed by atoms with Crippen LogP contribution in [0.3, 0.4) is 0 Å². The van der Waals surface area contributed by atoms with E-state index in [1.165, 1.54) is 6.20 Å². The van der Waals surface area contributed by atoms with Crippen molar-refractivity contribution in [3.63, 3.8) is 0 Å². The van der Waals surface area contributed by atoms with Crippen LogP contribution in [0.15, 0.2) is 52.3 Å². The molecule has 3 aromatic rings. The van der Waals surface area contributed by atoms with Crippen LogP contribution in [0, 0.1) is 0 Å². The Balaban J connectivity index is 1.87. The molecule has 0 fully saturated rings. The van der Waals surface area contributed by atoms with Gasteiger partial charge in [0.1, 0.15) is 5.69 Å². The first-order valence-corrected chi connectivity index (χ1v) is 6.85. The molecule has 0 saturated heterocycles. The average molecular weight is 331 g/mol. The van der Waals surface area contributed by atoms with Gasteiger partial charge in [-0.05, 0) is 36.4 Å². The van der Waals surface area contributed by atoms with Gasteiger partial charge >= 0.3 is 6.01 Å². The highest BCUT2D eigenvalue weighted by Gasteiger charge is 2.13. The topological polar surface area (TPSA) is 122 Å². The lowest BCUT2D eigenvalue weighted by Crippen LogP contribution is -2.16. The zero-order chi connectivity index (χ0) is 16.2. The summed E-state index contributed by atoms with van der Waals surface area (Å²) in [4.78, 5) is 8.27. The second-order valence-corrected chi connectivity index (χ2v) is 4.88. The van der Waals surface area contributed by atoms with Gasteiger partial charge in [-0.3, -0.25) is 4.98 Å². The first-order chi connectivity index (χ1) is 11.2. The molecule has 2 aromatic heterocycles. The molecule has 2 heterocycles. The fraction of sp³-hybridized carbons (Fsp3) is 0. The summed E-state index contributed by atoms with van der Waals surface area (Å²) in [5.74, 6) is 0.268. The third-order valence-corrected chi connectivity index (χ3v) is 3.18. The second-order valence-electron chi connectivity index (χ2n) is 4.44. The molecule has 0 saturated carbocycles. The van der Waals surface area contributed by atoms with Gasteiger partial charge in [0.05, 0.1) is 5.69 Å². The molecular weight excluding hydrogens is 320 g/mol. The number of aromatic nitrogens is 3. The van der Waals surface area contributed by atoms with Crippen molar-refractivity contribution in [3.8, 4) is 11.4 Å². The van der Waals surface area contributed by atoms with Crippen molar-refractivity contribution in [1.82, 2.24) is 15.1 Å². The number of benzene rings is 1. The van der Waals surface area contributed by atoms with Gasteiger partial charge in [0.15, 0.2) is 5.84 Å².